The Kier molecular flexibility index (Phi) is 3.64. The summed E-state index contributed by atoms with van der Waals surface area (Å²) in [6, 6.07) is 12.4. The number of nitrogens with one attached hydrogen (secondary N) is 1. The second-order valence-corrected chi connectivity index (χ2v) is 6.59. The van der Waals surface area contributed by atoms with E-state index < -0.39 is 0 Å². The molecule has 0 bridgehead atoms. The zero-order chi connectivity index (χ0) is 14.1. The molecule has 0 saturated heterocycles. The fraction of sp³-hybridized carbons (Fsp3) is 0.188. The van der Waals surface area contributed by atoms with Crippen molar-refractivity contribution in [3.8, 4) is 0 Å². The summed E-state index contributed by atoms with van der Waals surface area (Å²) in [6.07, 6.45) is 1.81. The van der Waals surface area contributed by atoms with Crippen molar-refractivity contribution in [2.75, 3.05) is 5.32 Å². The third kappa shape index (κ3) is 2.65. The number of hydrogen-bond donors (Lipinski definition) is 1. The Morgan fingerprint density at radius 2 is 2.05 bits per heavy atom. The van der Waals surface area contributed by atoms with E-state index in [-0.39, 0.29) is 6.04 Å². The van der Waals surface area contributed by atoms with Gasteiger partial charge >= 0.3 is 0 Å². The van der Waals surface area contributed by atoms with Gasteiger partial charge in [-0.3, -0.25) is 4.98 Å². The zero-order valence-electron chi connectivity index (χ0n) is 11.4. The molecule has 0 aliphatic carbocycles. The van der Waals surface area contributed by atoms with E-state index in [0.717, 1.165) is 16.6 Å². The Hall–Kier alpha value is -1.58. The lowest BCUT2D eigenvalue weighted by molar-refractivity contribution is 0.910. The van der Waals surface area contributed by atoms with Crippen LogP contribution in [-0.4, -0.2) is 4.98 Å². The number of aromatic nitrogens is 1. The summed E-state index contributed by atoms with van der Waals surface area (Å²) in [5.41, 5.74) is 2.00. The number of rotatable bonds is 3. The maximum atomic E-state index is 6.02. The molecule has 2 aromatic heterocycles. The van der Waals surface area contributed by atoms with Crippen molar-refractivity contribution in [1.82, 2.24) is 4.98 Å². The van der Waals surface area contributed by atoms with E-state index in [0.29, 0.717) is 5.02 Å². The molecule has 0 amide bonds. The van der Waals surface area contributed by atoms with Crippen LogP contribution in [-0.2, 0) is 0 Å². The minimum Gasteiger partial charge on any atom is -0.377 e. The highest BCUT2D eigenvalue weighted by molar-refractivity contribution is 7.12. The van der Waals surface area contributed by atoms with Gasteiger partial charge in [0.25, 0.3) is 0 Å². The van der Waals surface area contributed by atoms with Crippen LogP contribution in [0.25, 0.3) is 10.9 Å². The van der Waals surface area contributed by atoms with E-state index in [2.05, 4.69) is 36.3 Å². The van der Waals surface area contributed by atoms with Gasteiger partial charge in [0.05, 0.1) is 11.6 Å². The largest absolute Gasteiger partial charge is 0.377 e. The molecule has 2 nitrogen and oxygen atoms in total. The number of benzene rings is 1. The van der Waals surface area contributed by atoms with Crippen LogP contribution < -0.4 is 5.32 Å². The topological polar surface area (TPSA) is 24.9 Å². The van der Waals surface area contributed by atoms with Crippen molar-refractivity contribution < 1.29 is 0 Å². The normalized spacial score (nSPS) is 12.6. The third-order valence-electron chi connectivity index (χ3n) is 3.26. The molecule has 3 aromatic rings. The number of anilines is 1. The molecule has 0 radical (unpaired) electrons. The molecular formula is C16H15ClN2S. The smallest absolute Gasteiger partial charge is 0.0737 e. The Labute approximate surface area is 127 Å². The average Bonchev–Trinajstić information content (AvgIpc) is 2.85. The van der Waals surface area contributed by atoms with Crippen LogP contribution in [0.1, 0.15) is 22.7 Å². The maximum Gasteiger partial charge on any atom is 0.0737 e. The molecule has 0 spiro atoms. The first-order valence-corrected chi connectivity index (χ1v) is 7.70. The van der Waals surface area contributed by atoms with Gasteiger partial charge in [0.1, 0.15) is 0 Å². The Balaban J connectivity index is 1.94. The molecule has 2 heterocycles. The fourth-order valence-electron chi connectivity index (χ4n) is 2.24. The van der Waals surface area contributed by atoms with Crippen molar-refractivity contribution >= 4 is 39.5 Å². The molecule has 1 atom stereocenters. The van der Waals surface area contributed by atoms with Gasteiger partial charge in [0.15, 0.2) is 0 Å². The molecule has 4 heteroatoms. The molecule has 0 aliphatic rings. The van der Waals surface area contributed by atoms with Crippen molar-refractivity contribution in [2.45, 2.75) is 19.9 Å². The molecule has 0 saturated carbocycles. The van der Waals surface area contributed by atoms with Crippen LogP contribution in [0.2, 0.25) is 5.02 Å². The van der Waals surface area contributed by atoms with E-state index in [4.69, 9.17) is 11.6 Å². The van der Waals surface area contributed by atoms with Gasteiger partial charge in [-0.2, -0.15) is 0 Å². The number of nitrogens with zero attached hydrogens (tertiary/aromatic N) is 1. The summed E-state index contributed by atoms with van der Waals surface area (Å²) < 4.78 is 0. The highest BCUT2D eigenvalue weighted by atomic mass is 35.5. The molecule has 0 fully saturated rings. The molecule has 1 unspecified atom stereocenters. The van der Waals surface area contributed by atoms with Gasteiger partial charge in [-0.15, -0.1) is 11.3 Å². The second kappa shape index (κ2) is 5.43. The van der Waals surface area contributed by atoms with E-state index in [1.165, 1.54) is 9.75 Å². The number of halogens is 1. The summed E-state index contributed by atoms with van der Waals surface area (Å²) in [7, 11) is 0. The SMILES string of the molecule is Cc1ccc(C(C)Nc2ccnc3cc(Cl)ccc23)s1. The third-order valence-corrected chi connectivity index (χ3v) is 4.68. The van der Waals surface area contributed by atoms with Crippen molar-refractivity contribution in [1.29, 1.82) is 0 Å². The van der Waals surface area contributed by atoms with Gasteiger partial charge in [-0.25, -0.2) is 0 Å². The number of hydrogen-bond acceptors (Lipinski definition) is 3. The molecule has 1 aromatic carbocycles. The molecule has 1 N–H and O–H groups in total. The van der Waals surface area contributed by atoms with Gasteiger partial charge in [-0.1, -0.05) is 11.6 Å². The maximum absolute atomic E-state index is 6.02. The Bertz CT molecular complexity index is 751. The quantitative estimate of drug-likeness (QED) is 0.697. The predicted molar refractivity (Wildman–Crippen MR) is 87.8 cm³/mol. The Morgan fingerprint density at radius 1 is 1.20 bits per heavy atom. The monoisotopic (exact) mass is 302 g/mol. The molecule has 0 aliphatic heterocycles. The van der Waals surface area contributed by atoms with Gasteiger partial charge in [0, 0.05) is 32.0 Å². The predicted octanol–water partition coefficient (Wildman–Crippen LogP) is 5.43. The van der Waals surface area contributed by atoms with E-state index in [9.17, 15) is 0 Å². The summed E-state index contributed by atoms with van der Waals surface area (Å²) >= 11 is 7.84. The lowest BCUT2D eigenvalue weighted by atomic mass is 10.1. The van der Waals surface area contributed by atoms with Crippen molar-refractivity contribution in [3.05, 3.63) is 57.4 Å². The number of pyridine rings is 1. The highest BCUT2D eigenvalue weighted by Crippen LogP contribution is 2.30. The van der Waals surface area contributed by atoms with Crippen LogP contribution in [0, 0.1) is 6.92 Å². The molecule has 102 valence electrons. The number of aryl methyl sites for hydroxylation is 1. The fourth-order valence-corrected chi connectivity index (χ4v) is 3.28. The van der Waals surface area contributed by atoms with Crippen molar-refractivity contribution in [3.63, 3.8) is 0 Å². The minimum atomic E-state index is 0.273. The summed E-state index contributed by atoms with van der Waals surface area (Å²) in [6.45, 7) is 4.30. The van der Waals surface area contributed by atoms with Crippen LogP contribution in [0.15, 0.2) is 42.6 Å². The average molecular weight is 303 g/mol. The van der Waals surface area contributed by atoms with E-state index in [1.54, 1.807) is 0 Å². The molecule has 3 rings (SSSR count). The first-order chi connectivity index (χ1) is 9.63. The van der Waals surface area contributed by atoms with Gasteiger partial charge < -0.3 is 5.32 Å². The molecule has 20 heavy (non-hydrogen) atoms. The lowest BCUT2D eigenvalue weighted by Crippen LogP contribution is -2.05. The summed E-state index contributed by atoms with van der Waals surface area (Å²) in [5, 5.41) is 5.37. The summed E-state index contributed by atoms with van der Waals surface area (Å²) in [5.74, 6) is 0. The van der Waals surface area contributed by atoms with Gasteiger partial charge in [-0.05, 0) is 50.2 Å². The second-order valence-electron chi connectivity index (χ2n) is 4.83. The van der Waals surface area contributed by atoms with Crippen LogP contribution in [0.3, 0.4) is 0 Å². The van der Waals surface area contributed by atoms with E-state index >= 15 is 0 Å². The lowest BCUT2D eigenvalue weighted by Gasteiger charge is -2.15. The Morgan fingerprint density at radius 3 is 2.80 bits per heavy atom. The first kappa shape index (κ1) is 13.4. The zero-order valence-corrected chi connectivity index (χ0v) is 12.9. The molecular weight excluding hydrogens is 288 g/mol. The number of thiophene rings is 1. The van der Waals surface area contributed by atoms with Crippen molar-refractivity contribution in [2.24, 2.45) is 0 Å². The standard InChI is InChI=1S/C16H15ClN2S/c1-10-3-6-16(20-10)11(2)19-14-7-8-18-15-9-12(17)4-5-13(14)15/h3-9,11H,1-2H3,(H,18,19). The van der Waals surface area contributed by atoms with Crippen LogP contribution in [0.4, 0.5) is 5.69 Å². The number of fused-ring (bicyclic) bond motifs is 1. The van der Waals surface area contributed by atoms with Crippen LogP contribution in [0.5, 0.6) is 0 Å². The highest BCUT2D eigenvalue weighted by Gasteiger charge is 2.10. The van der Waals surface area contributed by atoms with Crippen LogP contribution >= 0.6 is 22.9 Å². The van der Waals surface area contributed by atoms with Gasteiger partial charge in [0.2, 0.25) is 0 Å². The van der Waals surface area contributed by atoms with E-state index in [1.807, 2.05) is 41.8 Å². The summed E-state index contributed by atoms with van der Waals surface area (Å²) in [4.78, 5) is 7.03. The minimum absolute atomic E-state index is 0.273. The first-order valence-electron chi connectivity index (χ1n) is 6.50.